The number of hydrogen-bond acceptors (Lipinski definition) is 4. The maximum atomic E-state index is 5.24. The molecule has 0 atom stereocenters. The van der Waals surface area contributed by atoms with Crippen molar-refractivity contribution in [1.29, 1.82) is 0 Å². The van der Waals surface area contributed by atoms with Crippen LogP contribution in [0.2, 0.25) is 0 Å². The van der Waals surface area contributed by atoms with Crippen molar-refractivity contribution in [3.8, 4) is 5.75 Å². The summed E-state index contributed by atoms with van der Waals surface area (Å²) in [7, 11) is 1.63. The number of nitrogens with one attached hydrogen (secondary N) is 2. The molecule has 0 heterocycles. The van der Waals surface area contributed by atoms with Crippen LogP contribution in [-0.2, 0) is 4.74 Å². The van der Waals surface area contributed by atoms with Crippen LogP contribution in [-0.4, -0.2) is 38.2 Å². The lowest BCUT2D eigenvalue weighted by atomic mass is 10.2. The highest BCUT2D eigenvalue weighted by Crippen LogP contribution is 2.24. The van der Waals surface area contributed by atoms with Crippen molar-refractivity contribution in [3.63, 3.8) is 0 Å². The highest BCUT2D eigenvalue weighted by molar-refractivity contribution is 9.10. The van der Waals surface area contributed by atoms with Crippen LogP contribution in [0.3, 0.4) is 0 Å². The molecule has 21 heavy (non-hydrogen) atoms. The van der Waals surface area contributed by atoms with Crippen LogP contribution in [0.1, 0.15) is 18.9 Å². The minimum atomic E-state index is 0.496. The zero-order valence-corrected chi connectivity index (χ0v) is 14.6. The van der Waals surface area contributed by atoms with Crippen molar-refractivity contribution in [2.45, 2.75) is 13.3 Å². The van der Waals surface area contributed by atoms with Gasteiger partial charge in [0.05, 0.1) is 17.8 Å². The summed E-state index contributed by atoms with van der Waals surface area (Å²) in [6.07, 6.45) is 2.60. The number of rotatable bonds is 8. The molecule has 5 nitrogen and oxygen atoms in total. The Morgan fingerprint density at radius 1 is 1.48 bits per heavy atom. The molecule has 0 fully saturated rings. The number of halogens is 1. The average molecular weight is 374 g/mol. The summed E-state index contributed by atoms with van der Waals surface area (Å²) in [6.45, 7) is 4.21. The van der Waals surface area contributed by atoms with Gasteiger partial charge in [-0.2, -0.15) is 5.10 Å². The van der Waals surface area contributed by atoms with Gasteiger partial charge >= 0.3 is 0 Å². The standard InChI is InChI=1S/C14H20BrN3O2S/c1-3-20-8-4-7-16-14(21)18-17-10-11-5-6-13(19-2)12(15)9-11/h5-6,9-10H,3-4,7-8H2,1-2H3,(H2,16,18,21)/b17-10-. The van der Waals surface area contributed by atoms with E-state index >= 15 is 0 Å². The smallest absolute Gasteiger partial charge is 0.186 e. The topological polar surface area (TPSA) is 54.9 Å². The van der Waals surface area contributed by atoms with Gasteiger partial charge in [0.1, 0.15) is 5.75 Å². The minimum Gasteiger partial charge on any atom is -0.496 e. The predicted octanol–water partition coefficient (Wildman–Crippen LogP) is 2.68. The Morgan fingerprint density at radius 3 is 2.95 bits per heavy atom. The van der Waals surface area contributed by atoms with Gasteiger partial charge in [-0.15, -0.1) is 0 Å². The van der Waals surface area contributed by atoms with E-state index in [-0.39, 0.29) is 0 Å². The van der Waals surface area contributed by atoms with Gasteiger partial charge in [-0.25, -0.2) is 0 Å². The third-order valence-electron chi connectivity index (χ3n) is 2.51. The van der Waals surface area contributed by atoms with Crippen LogP contribution in [0.25, 0.3) is 0 Å². The number of methoxy groups -OCH3 is 1. The molecule has 0 saturated heterocycles. The van der Waals surface area contributed by atoms with Crippen molar-refractivity contribution < 1.29 is 9.47 Å². The fourth-order valence-corrected chi connectivity index (χ4v) is 2.20. The molecule has 0 aliphatic heterocycles. The van der Waals surface area contributed by atoms with E-state index in [4.69, 9.17) is 21.7 Å². The van der Waals surface area contributed by atoms with Gasteiger partial charge in [0.15, 0.2) is 5.11 Å². The first kappa shape index (κ1) is 17.9. The van der Waals surface area contributed by atoms with Gasteiger partial charge in [0, 0.05) is 19.8 Å². The number of hydrazone groups is 1. The van der Waals surface area contributed by atoms with Crippen LogP contribution in [0.4, 0.5) is 0 Å². The fourth-order valence-electron chi connectivity index (χ4n) is 1.49. The SMILES string of the molecule is CCOCCCNC(=S)N/N=C\c1ccc(OC)c(Br)c1. The van der Waals surface area contributed by atoms with E-state index in [2.05, 4.69) is 31.8 Å². The van der Waals surface area contributed by atoms with Gasteiger partial charge < -0.3 is 14.8 Å². The van der Waals surface area contributed by atoms with Crippen LogP contribution in [0.15, 0.2) is 27.8 Å². The van der Waals surface area contributed by atoms with Gasteiger partial charge in [0.2, 0.25) is 0 Å². The summed E-state index contributed by atoms with van der Waals surface area (Å²) in [5.41, 5.74) is 3.71. The van der Waals surface area contributed by atoms with Crippen LogP contribution < -0.4 is 15.5 Å². The molecule has 0 aliphatic carbocycles. The number of ether oxygens (including phenoxy) is 2. The number of thiocarbonyl (C=S) groups is 1. The molecule has 0 aromatic heterocycles. The number of hydrogen-bond donors (Lipinski definition) is 2. The molecule has 2 N–H and O–H groups in total. The van der Waals surface area contributed by atoms with Crippen molar-refractivity contribution in [3.05, 3.63) is 28.2 Å². The van der Waals surface area contributed by atoms with Gasteiger partial charge in [-0.3, -0.25) is 5.43 Å². The molecule has 1 aromatic carbocycles. The molecule has 0 spiro atoms. The summed E-state index contributed by atoms with van der Waals surface area (Å²) < 4.78 is 11.3. The third kappa shape index (κ3) is 7.40. The van der Waals surface area contributed by atoms with Crippen molar-refractivity contribution in [2.24, 2.45) is 5.10 Å². The summed E-state index contributed by atoms with van der Waals surface area (Å²) in [5, 5.41) is 7.63. The lowest BCUT2D eigenvalue weighted by Gasteiger charge is -2.07. The molecule has 0 bridgehead atoms. The molecule has 0 unspecified atom stereocenters. The molecule has 116 valence electrons. The monoisotopic (exact) mass is 373 g/mol. The zero-order valence-electron chi connectivity index (χ0n) is 12.2. The molecule has 7 heteroatoms. The Balaban J connectivity index is 2.30. The van der Waals surface area contributed by atoms with E-state index in [1.165, 1.54) is 0 Å². The summed E-state index contributed by atoms with van der Waals surface area (Å²) in [5.74, 6) is 0.784. The Bertz CT molecular complexity index is 483. The van der Waals surface area contributed by atoms with Crippen molar-refractivity contribution in [1.82, 2.24) is 10.7 Å². The normalized spacial score (nSPS) is 10.6. The summed E-state index contributed by atoms with van der Waals surface area (Å²) in [6, 6.07) is 5.70. The van der Waals surface area contributed by atoms with Crippen LogP contribution in [0, 0.1) is 0 Å². The molecule has 1 rings (SSSR count). The largest absolute Gasteiger partial charge is 0.496 e. The van der Waals surface area contributed by atoms with E-state index in [0.29, 0.717) is 5.11 Å². The molecular formula is C14H20BrN3O2S. The highest BCUT2D eigenvalue weighted by atomic mass is 79.9. The Labute approximate surface area is 139 Å². The predicted molar refractivity (Wildman–Crippen MR) is 93.1 cm³/mol. The van der Waals surface area contributed by atoms with Gasteiger partial charge in [-0.05, 0) is 65.3 Å². The maximum Gasteiger partial charge on any atom is 0.186 e. The molecular weight excluding hydrogens is 354 g/mol. The lowest BCUT2D eigenvalue weighted by molar-refractivity contribution is 0.145. The van der Waals surface area contributed by atoms with Crippen molar-refractivity contribution >= 4 is 39.5 Å². The van der Waals surface area contributed by atoms with E-state index in [1.807, 2.05) is 25.1 Å². The lowest BCUT2D eigenvalue weighted by Crippen LogP contribution is -2.33. The Kier molecular flexibility index (Phi) is 8.96. The highest BCUT2D eigenvalue weighted by Gasteiger charge is 1.99. The summed E-state index contributed by atoms with van der Waals surface area (Å²) >= 11 is 8.53. The Morgan fingerprint density at radius 2 is 2.29 bits per heavy atom. The molecule has 0 amide bonds. The molecule has 0 aliphatic rings. The van der Waals surface area contributed by atoms with E-state index in [9.17, 15) is 0 Å². The van der Waals surface area contributed by atoms with E-state index < -0.39 is 0 Å². The minimum absolute atomic E-state index is 0.496. The van der Waals surface area contributed by atoms with E-state index in [1.54, 1.807) is 13.3 Å². The number of nitrogens with zero attached hydrogens (tertiary/aromatic N) is 1. The molecule has 1 aromatic rings. The third-order valence-corrected chi connectivity index (χ3v) is 3.37. The number of benzene rings is 1. The molecule has 0 saturated carbocycles. The van der Waals surface area contributed by atoms with Crippen LogP contribution in [0.5, 0.6) is 5.75 Å². The fraction of sp³-hybridized carbons (Fsp3) is 0.429. The first-order chi connectivity index (χ1) is 10.2. The van der Waals surface area contributed by atoms with E-state index in [0.717, 1.165) is 42.0 Å². The average Bonchev–Trinajstić information content (AvgIpc) is 2.47. The first-order valence-electron chi connectivity index (χ1n) is 6.65. The van der Waals surface area contributed by atoms with Crippen molar-refractivity contribution in [2.75, 3.05) is 26.9 Å². The quantitative estimate of drug-likeness (QED) is 0.317. The first-order valence-corrected chi connectivity index (χ1v) is 7.85. The second kappa shape index (κ2) is 10.5. The van der Waals surface area contributed by atoms with Gasteiger partial charge in [-0.1, -0.05) is 0 Å². The zero-order chi connectivity index (χ0) is 15.5. The summed E-state index contributed by atoms with van der Waals surface area (Å²) in [4.78, 5) is 0. The van der Waals surface area contributed by atoms with Gasteiger partial charge in [0.25, 0.3) is 0 Å². The van der Waals surface area contributed by atoms with Crippen LogP contribution >= 0.6 is 28.1 Å². The molecule has 0 radical (unpaired) electrons. The Hall–Kier alpha value is -1.18. The second-order valence-electron chi connectivity index (χ2n) is 4.07. The maximum absolute atomic E-state index is 5.24. The second-order valence-corrected chi connectivity index (χ2v) is 5.33.